The van der Waals surface area contributed by atoms with E-state index in [2.05, 4.69) is 0 Å². The SMILES string of the molecule is C[C@@H](c1ccccc1)N1C(=O)C[C@@]2(C)CC(=O)O[C@@]12C. The molecule has 0 radical (unpaired) electrons. The van der Waals surface area contributed by atoms with Crippen molar-refractivity contribution >= 4 is 11.9 Å². The molecule has 0 spiro atoms. The molecule has 0 unspecified atom stereocenters. The normalized spacial score (nSPS) is 34.0. The van der Waals surface area contributed by atoms with Crippen LogP contribution in [0.3, 0.4) is 0 Å². The molecule has 4 nitrogen and oxygen atoms in total. The topological polar surface area (TPSA) is 46.6 Å². The van der Waals surface area contributed by atoms with E-state index in [1.807, 2.05) is 51.1 Å². The zero-order valence-corrected chi connectivity index (χ0v) is 12.1. The second-order valence-corrected chi connectivity index (χ2v) is 6.22. The van der Waals surface area contributed by atoms with Gasteiger partial charge in [0.25, 0.3) is 0 Å². The molecule has 1 aromatic carbocycles. The number of likely N-dealkylation sites (tertiary alicyclic amines) is 1. The van der Waals surface area contributed by atoms with E-state index >= 15 is 0 Å². The number of ether oxygens (including phenoxy) is 1. The van der Waals surface area contributed by atoms with Gasteiger partial charge in [0, 0.05) is 11.8 Å². The average molecular weight is 273 g/mol. The van der Waals surface area contributed by atoms with Crippen LogP contribution < -0.4 is 0 Å². The molecule has 4 heteroatoms. The predicted octanol–water partition coefficient (Wildman–Crippen LogP) is 2.65. The summed E-state index contributed by atoms with van der Waals surface area (Å²) in [7, 11) is 0. The summed E-state index contributed by atoms with van der Waals surface area (Å²) in [5, 5.41) is 0. The monoisotopic (exact) mass is 273 g/mol. The molecule has 0 saturated carbocycles. The number of hydrogen-bond acceptors (Lipinski definition) is 3. The maximum atomic E-state index is 12.5. The zero-order chi connectivity index (χ0) is 14.5. The molecule has 1 amide bonds. The minimum Gasteiger partial charge on any atom is -0.438 e. The van der Waals surface area contributed by atoms with E-state index in [0.29, 0.717) is 12.8 Å². The highest BCUT2D eigenvalue weighted by molar-refractivity contribution is 5.86. The number of benzene rings is 1. The van der Waals surface area contributed by atoms with Crippen molar-refractivity contribution in [3.63, 3.8) is 0 Å². The summed E-state index contributed by atoms with van der Waals surface area (Å²) < 4.78 is 5.57. The quantitative estimate of drug-likeness (QED) is 0.778. The van der Waals surface area contributed by atoms with Gasteiger partial charge in [-0.05, 0) is 19.4 Å². The van der Waals surface area contributed by atoms with Crippen molar-refractivity contribution in [3.8, 4) is 0 Å². The Balaban J connectivity index is 2.01. The second kappa shape index (κ2) is 4.08. The fraction of sp³-hybridized carbons (Fsp3) is 0.500. The molecular formula is C16H19NO3. The first kappa shape index (κ1) is 13.2. The molecule has 3 rings (SSSR count). The van der Waals surface area contributed by atoms with E-state index in [1.54, 1.807) is 4.90 Å². The molecule has 2 saturated heterocycles. The Labute approximate surface area is 118 Å². The molecule has 0 bridgehead atoms. The van der Waals surface area contributed by atoms with Gasteiger partial charge in [-0.25, -0.2) is 0 Å². The molecule has 2 fully saturated rings. The van der Waals surface area contributed by atoms with Crippen LogP contribution in [0.15, 0.2) is 30.3 Å². The van der Waals surface area contributed by atoms with E-state index in [0.717, 1.165) is 5.56 Å². The zero-order valence-electron chi connectivity index (χ0n) is 12.1. The van der Waals surface area contributed by atoms with Gasteiger partial charge in [0.15, 0.2) is 5.72 Å². The van der Waals surface area contributed by atoms with Crippen LogP contribution in [-0.2, 0) is 14.3 Å². The minimum absolute atomic E-state index is 0.0545. The van der Waals surface area contributed by atoms with Crippen molar-refractivity contribution in [2.45, 2.75) is 45.4 Å². The van der Waals surface area contributed by atoms with Crippen LogP contribution in [-0.4, -0.2) is 22.5 Å². The second-order valence-electron chi connectivity index (χ2n) is 6.22. The Bertz CT molecular complexity index is 570. The fourth-order valence-electron chi connectivity index (χ4n) is 3.55. The fourth-order valence-corrected chi connectivity index (χ4v) is 3.55. The van der Waals surface area contributed by atoms with Gasteiger partial charge in [-0.1, -0.05) is 37.3 Å². The molecule has 20 heavy (non-hydrogen) atoms. The third kappa shape index (κ3) is 1.60. The largest absolute Gasteiger partial charge is 0.438 e. The maximum absolute atomic E-state index is 12.5. The maximum Gasteiger partial charge on any atom is 0.308 e. The van der Waals surface area contributed by atoms with Crippen molar-refractivity contribution < 1.29 is 14.3 Å². The van der Waals surface area contributed by atoms with Crippen molar-refractivity contribution in [2.24, 2.45) is 5.41 Å². The van der Waals surface area contributed by atoms with Gasteiger partial charge < -0.3 is 4.74 Å². The number of hydrogen-bond donors (Lipinski definition) is 0. The van der Waals surface area contributed by atoms with Crippen LogP contribution >= 0.6 is 0 Å². The van der Waals surface area contributed by atoms with E-state index in [9.17, 15) is 9.59 Å². The summed E-state index contributed by atoms with van der Waals surface area (Å²) >= 11 is 0. The number of amides is 1. The summed E-state index contributed by atoms with van der Waals surface area (Å²) in [5.74, 6) is -0.161. The highest BCUT2D eigenvalue weighted by Gasteiger charge is 2.66. The molecule has 2 heterocycles. The molecule has 2 aliphatic heterocycles. The third-order valence-electron chi connectivity index (χ3n) is 4.91. The summed E-state index contributed by atoms with van der Waals surface area (Å²) in [5.41, 5.74) is -0.213. The van der Waals surface area contributed by atoms with Gasteiger partial charge in [-0.2, -0.15) is 0 Å². The lowest BCUT2D eigenvalue weighted by Crippen LogP contribution is -2.50. The molecule has 0 N–H and O–H groups in total. The Morgan fingerprint density at radius 2 is 1.80 bits per heavy atom. The molecular weight excluding hydrogens is 254 g/mol. The van der Waals surface area contributed by atoms with Crippen LogP contribution in [0.4, 0.5) is 0 Å². The standard InChI is InChI=1S/C16H19NO3/c1-11(12-7-5-4-6-8-12)17-13(18)9-15(2)10-14(19)20-16(15,17)3/h4-8,11H,9-10H2,1-3H3/t11-,15-,16+/m0/s1. The Kier molecular flexibility index (Phi) is 2.68. The van der Waals surface area contributed by atoms with Gasteiger partial charge in [0.2, 0.25) is 5.91 Å². The lowest BCUT2D eigenvalue weighted by atomic mass is 9.79. The molecule has 3 atom stereocenters. The van der Waals surface area contributed by atoms with Gasteiger partial charge in [0.1, 0.15) is 0 Å². The summed E-state index contributed by atoms with van der Waals surface area (Å²) in [6.07, 6.45) is 0.680. The van der Waals surface area contributed by atoms with Gasteiger partial charge in [0.05, 0.1) is 12.5 Å². The number of esters is 1. The van der Waals surface area contributed by atoms with Crippen molar-refractivity contribution in [1.29, 1.82) is 0 Å². The number of fused-ring (bicyclic) bond motifs is 1. The Hall–Kier alpha value is -1.84. The van der Waals surface area contributed by atoms with Crippen molar-refractivity contribution in [2.75, 3.05) is 0 Å². The minimum atomic E-state index is -0.837. The molecule has 2 aliphatic rings. The first-order chi connectivity index (χ1) is 9.37. The van der Waals surface area contributed by atoms with Crippen LogP contribution in [0, 0.1) is 5.41 Å². The van der Waals surface area contributed by atoms with Crippen LogP contribution in [0.2, 0.25) is 0 Å². The summed E-state index contributed by atoms with van der Waals surface area (Å²) in [4.78, 5) is 25.9. The van der Waals surface area contributed by atoms with Crippen LogP contribution in [0.25, 0.3) is 0 Å². The van der Waals surface area contributed by atoms with Crippen LogP contribution in [0.1, 0.15) is 45.2 Å². The summed E-state index contributed by atoms with van der Waals surface area (Å²) in [6.45, 7) is 5.81. The lowest BCUT2D eigenvalue weighted by Gasteiger charge is -2.41. The van der Waals surface area contributed by atoms with Gasteiger partial charge in [-0.15, -0.1) is 0 Å². The lowest BCUT2D eigenvalue weighted by molar-refractivity contribution is -0.176. The number of rotatable bonds is 2. The van der Waals surface area contributed by atoms with Gasteiger partial charge >= 0.3 is 5.97 Å². The van der Waals surface area contributed by atoms with Crippen molar-refractivity contribution in [1.82, 2.24) is 4.90 Å². The predicted molar refractivity (Wildman–Crippen MR) is 73.5 cm³/mol. The number of carbonyl (C=O) groups excluding carboxylic acids is 2. The number of carbonyl (C=O) groups is 2. The highest BCUT2D eigenvalue weighted by Crippen LogP contribution is 2.56. The van der Waals surface area contributed by atoms with E-state index in [-0.39, 0.29) is 17.9 Å². The Morgan fingerprint density at radius 1 is 1.15 bits per heavy atom. The van der Waals surface area contributed by atoms with Gasteiger partial charge in [-0.3, -0.25) is 14.5 Å². The molecule has 1 aromatic rings. The number of nitrogens with zero attached hydrogens (tertiary/aromatic N) is 1. The molecule has 0 aromatic heterocycles. The van der Waals surface area contributed by atoms with E-state index < -0.39 is 11.1 Å². The summed E-state index contributed by atoms with van der Waals surface area (Å²) in [6, 6.07) is 9.73. The molecule has 0 aliphatic carbocycles. The van der Waals surface area contributed by atoms with Crippen LogP contribution in [0.5, 0.6) is 0 Å². The third-order valence-corrected chi connectivity index (χ3v) is 4.91. The highest BCUT2D eigenvalue weighted by atomic mass is 16.6. The average Bonchev–Trinajstić information content (AvgIpc) is 2.70. The smallest absolute Gasteiger partial charge is 0.308 e. The first-order valence-electron chi connectivity index (χ1n) is 6.96. The first-order valence-corrected chi connectivity index (χ1v) is 6.96. The van der Waals surface area contributed by atoms with E-state index in [1.165, 1.54) is 0 Å². The van der Waals surface area contributed by atoms with Crippen molar-refractivity contribution in [3.05, 3.63) is 35.9 Å². The van der Waals surface area contributed by atoms with E-state index in [4.69, 9.17) is 4.74 Å². The Morgan fingerprint density at radius 3 is 2.45 bits per heavy atom. The molecule has 106 valence electrons.